The molecule has 0 amide bonds. The first-order valence-corrected chi connectivity index (χ1v) is 4.36. The maximum Gasteiger partial charge on any atom is 0.158 e. The molecule has 0 heterocycles. The molecule has 0 N–H and O–H groups in total. The average molecular weight is 151 g/mol. The summed E-state index contributed by atoms with van der Waals surface area (Å²) in [5.41, 5.74) is 0.949. The fourth-order valence-corrected chi connectivity index (χ4v) is 1.44. The van der Waals surface area contributed by atoms with Crippen LogP contribution in [0.4, 0.5) is 0 Å². The van der Waals surface area contributed by atoms with Gasteiger partial charge in [0.05, 0.1) is 0 Å². The molecule has 0 fully saturated rings. The van der Waals surface area contributed by atoms with Crippen molar-refractivity contribution >= 4 is 5.78 Å². The molecular weight excluding hydrogens is 136 g/mol. The lowest BCUT2D eigenvalue weighted by Crippen LogP contribution is -1.99. The Balaban J connectivity index is 2.52. The van der Waals surface area contributed by atoms with Crippen LogP contribution in [0, 0.1) is 6.92 Å². The number of ketones is 1. The monoisotopic (exact) mass is 151 g/mol. The molecule has 0 aromatic heterocycles. The van der Waals surface area contributed by atoms with Crippen molar-refractivity contribution in [1.82, 2.24) is 0 Å². The van der Waals surface area contributed by atoms with Crippen LogP contribution in [0.25, 0.3) is 0 Å². The van der Waals surface area contributed by atoms with Gasteiger partial charge in [-0.25, -0.2) is 0 Å². The van der Waals surface area contributed by atoms with Crippen LogP contribution in [-0.4, -0.2) is 5.78 Å². The summed E-state index contributed by atoms with van der Waals surface area (Å²) in [5, 5.41) is 0. The maximum atomic E-state index is 10.9. The number of carbonyl (C=O) groups is 1. The second-order valence-electron chi connectivity index (χ2n) is 3.11. The molecule has 1 radical (unpaired) electrons. The normalized spacial score (nSPS) is 24.6. The van der Waals surface area contributed by atoms with Gasteiger partial charge < -0.3 is 0 Å². The molecule has 0 saturated carbocycles. The van der Waals surface area contributed by atoms with Gasteiger partial charge in [0.15, 0.2) is 5.78 Å². The number of carbonyl (C=O) groups excluding carboxylic acids is 1. The highest BCUT2D eigenvalue weighted by atomic mass is 16.1. The van der Waals surface area contributed by atoms with Crippen LogP contribution < -0.4 is 0 Å². The van der Waals surface area contributed by atoms with E-state index < -0.39 is 0 Å². The molecule has 61 valence electrons. The van der Waals surface area contributed by atoms with Crippen LogP contribution in [0.15, 0.2) is 11.6 Å². The van der Waals surface area contributed by atoms with Crippen molar-refractivity contribution in [2.45, 2.75) is 38.5 Å². The molecule has 0 unspecified atom stereocenters. The van der Waals surface area contributed by atoms with Crippen molar-refractivity contribution in [1.29, 1.82) is 0 Å². The lowest BCUT2D eigenvalue weighted by Gasteiger charge is -2.07. The van der Waals surface area contributed by atoms with Gasteiger partial charge in [-0.05, 0) is 31.3 Å². The topological polar surface area (TPSA) is 17.1 Å². The second-order valence-corrected chi connectivity index (χ2v) is 3.11. The quantitative estimate of drug-likeness (QED) is 0.563. The number of hydrogen-bond acceptors (Lipinski definition) is 1. The SMILES string of the molecule is [CH2]C(=O)/C1=C/CCCCCC1. The number of hydrogen-bond donors (Lipinski definition) is 0. The third kappa shape index (κ3) is 2.87. The van der Waals surface area contributed by atoms with E-state index in [0.717, 1.165) is 24.8 Å². The Morgan fingerprint density at radius 1 is 1.27 bits per heavy atom. The van der Waals surface area contributed by atoms with E-state index in [9.17, 15) is 4.79 Å². The lowest BCUT2D eigenvalue weighted by molar-refractivity contribution is -0.111. The van der Waals surface area contributed by atoms with Crippen LogP contribution >= 0.6 is 0 Å². The molecule has 1 aliphatic rings. The highest BCUT2D eigenvalue weighted by molar-refractivity contribution is 5.98. The van der Waals surface area contributed by atoms with E-state index in [2.05, 4.69) is 13.0 Å². The summed E-state index contributed by atoms with van der Waals surface area (Å²) in [5.74, 6) is 0.0203. The summed E-state index contributed by atoms with van der Waals surface area (Å²) < 4.78 is 0. The molecule has 0 saturated heterocycles. The van der Waals surface area contributed by atoms with Gasteiger partial charge in [0.2, 0.25) is 0 Å². The zero-order chi connectivity index (χ0) is 8.10. The standard InChI is InChI=1S/C10H15O/c1-9(11)10-7-5-3-2-4-6-8-10/h7H,1-6,8H2/b10-7+. The summed E-state index contributed by atoms with van der Waals surface area (Å²) in [6.07, 6.45) is 9.05. The van der Waals surface area contributed by atoms with Crippen molar-refractivity contribution < 1.29 is 4.79 Å². The van der Waals surface area contributed by atoms with Crippen LogP contribution in [0.3, 0.4) is 0 Å². The lowest BCUT2D eigenvalue weighted by atomic mass is 9.98. The number of allylic oxidation sites excluding steroid dienone is 2. The Labute approximate surface area is 68.5 Å². The average Bonchev–Trinajstić information content (AvgIpc) is 1.84. The molecule has 0 aromatic rings. The van der Waals surface area contributed by atoms with Gasteiger partial charge in [0, 0.05) is 6.92 Å². The predicted octanol–water partition coefficient (Wildman–Crippen LogP) is 2.67. The highest BCUT2D eigenvalue weighted by Crippen LogP contribution is 2.16. The summed E-state index contributed by atoms with van der Waals surface area (Å²) in [7, 11) is 0. The van der Waals surface area contributed by atoms with E-state index in [4.69, 9.17) is 0 Å². The fourth-order valence-electron chi connectivity index (χ4n) is 1.44. The molecule has 1 rings (SSSR count). The van der Waals surface area contributed by atoms with E-state index in [-0.39, 0.29) is 5.78 Å². The minimum absolute atomic E-state index is 0.0203. The summed E-state index contributed by atoms with van der Waals surface area (Å²) in [6.45, 7) is 3.43. The van der Waals surface area contributed by atoms with Crippen molar-refractivity contribution in [3.05, 3.63) is 18.6 Å². The van der Waals surface area contributed by atoms with Crippen molar-refractivity contribution in [3.63, 3.8) is 0 Å². The third-order valence-corrected chi connectivity index (χ3v) is 2.15. The smallest absolute Gasteiger partial charge is 0.158 e. The van der Waals surface area contributed by atoms with Gasteiger partial charge in [-0.3, -0.25) is 4.79 Å². The Morgan fingerprint density at radius 3 is 2.73 bits per heavy atom. The molecule has 0 bridgehead atoms. The van der Waals surface area contributed by atoms with Crippen molar-refractivity contribution in [2.24, 2.45) is 0 Å². The van der Waals surface area contributed by atoms with E-state index in [1.807, 2.05) is 0 Å². The third-order valence-electron chi connectivity index (χ3n) is 2.15. The summed E-state index contributed by atoms with van der Waals surface area (Å²) >= 11 is 0. The molecule has 11 heavy (non-hydrogen) atoms. The first-order valence-electron chi connectivity index (χ1n) is 4.36. The van der Waals surface area contributed by atoms with Crippen molar-refractivity contribution in [3.8, 4) is 0 Å². The minimum Gasteiger partial charge on any atom is -0.295 e. The van der Waals surface area contributed by atoms with E-state index in [1.54, 1.807) is 0 Å². The van der Waals surface area contributed by atoms with Gasteiger partial charge in [-0.2, -0.15) is 0 Å². The zero-order valence-corrected chi connectivity index (χ0v) is 6.94. The molecule has 0 aromatic carbocycles. The number of Topliss-reactive ketones (excluding diaryl/α,β-unsaturated/α-hetero) is 1. The molecule has 1 aliphatic carbocycles. The molecule has 0 atom stereocenters. The number of rotatable bonds is 1. The van der Waals surface area contributed by atoms with Gasteiger partial charge in [-0.1, -0.05) is 18.9 Å². The van der Waals surface area contributed by atoms with Crippen LogP contribution in [-0.2, 0) is 4.79 Å². The minimum atomic E-state index is 0.0203. The first-order chi connectivity index (χ1) is 5.30. The Hall–Kier alpha value is -0.590. The van der Waals surface area contributed by atoms with Gasteiger partial charge in [-0.15, -0.1) is 0 Å². The summed E-state index contributed by atoms with van der Waals surface area (Å²) in [4.78, 5) is 10.9. The van der Waals surface area contributed by atoms with Crippen LogP contribution in [0.1, 0.15) is 38.5 Å². The van der Waals surface area contributed by atoms with E-state index >= 15 is 0 Å². The van der Waals surface area contributed by atoms with E-state index in [0.29, 0.717) is 0 Å². The van der Waals surface area contributed by atoms with Gasteiger partial charge in [0.25, 0.3) is 0 Å². The molecule has 1 nitrogen and oxygen atoms in total. The first kappa shape index (κ1) is 8.51. The predicted molar refractivity (Wildman–Crippen MR) is 46.1 cm³/mol. The van der Waals surface area contributed by atoms with Gasteiger partial charge in [0.1, 0.15) is 0 Å². The Morgan fingerprint density at radius 2 is 2.00 bits per heavy atom. The van der Waals surface area contributed by atoms with Crippen molar-refractivity contribution in [2.75, 3.05) is 0 Å². The summed E-state index contributed by atoms with van der Waals surface area (Å²) in [6, 6.07) is 0. The van der Waals surface area contributed by atoms with Crippen LogP contribution in [0.5, 0.6) is 0 Å². The molecule has 0 spiro atoms. The fraction of sp³-hybridized carbons (Fsp3) is 0.600. The molecule has 0 aliphatic heterocycles. The highest BCUT2D eigenvalue weighted by Gasteiger charge is 2.05. The molecule has 1 heteroatoms. The van der Waals surface area contributed by atoms with Crippen LogP contribution in [0.2, 0.25) is 0 Å². The maximum absolute atomic E-state index is 10.9. The van der Waals surface area contributed by atoms with Gasteiger partial charge >= 0.3 is 0 Å². The molecular formula is C10H15O. The Bertz CT molecular complexity index is 168. The van der Waals surface area contributed by atoms with E-state index in [1.165, 1.54) is 19.3 Å². The second kappa shape index (κ2) is 4.32. The zero-order valence-electron chi connectivity index (χ0n) is 6.94. The Kier molecular flexibility index (Phi) is 3.34. The largest absolute Gasteiger partial charge is 0.295 e.